The molecule has 1 atom stereocenters. The lowest BCUT2D eigenvalue weighted by atomic mass is 10.0. The minimum atomic E-state index is -1.16. The van der Waals surface area contributed by atoms with Crippen LogP contribution in [0.25, 0.3) is 0 Å². The molecule has 0 bridgehead atoms. The Balaban J connectivity index is 2.57. The van der Waals surface area contributed by atoms with Gasteiger partial charge < -0.3 is 10.8 Å². The predicted molar refractivity (Wildman–Crippen MR) is 80.1 cm³/mol. The SMILES string of the molecule is Cc1ccccc1N(C(N)=O)C(C(=O)O)c1ccccc1. The van der Waals surface area contributed by atoms with E-state index in [1.54, 1.807) is 55.5 Å². The van der Waals surface area contributed by atoms with Crippen molar-refractivity contribution in [2.75, 3.05) is 4.90 Å². The van der Waals surface area contributed by atoms with Crippen LogP contribution in [0, 0.1) is 6.92 Å². The monoisotopic (exact) mass is 284 g/mol. The van der Waals surface area contributed by atoms with Gasteiger partial charge in [0.2, 0.25) is 0 Å². The van der Waals surface area contributed by atoms with E-state index in [2.05, 4.69) is 0 Å². The maximum Gasteiger partial charge on any atom is 0.331 e. The van der Waals surface area contributed by atoms with Gasteiger partial charge in [-0.2, -0.15) is 0 Å². The molecule has 0 radical (unpaired) electrons. The third-order valence-corrected chi connectivity index (χ3v) is 3.22. The number of nitrogens with two attached hydrogens (primary N) is 1. The first kappa shape index (κ1) is 14.6. The Hall–Kier alpha value is -2.82. The Morgan fingerprint density at radius 3 is 2.14 bits per heavy atom. The van der Waals surface area contributed by atoms with Crippen LogP contribution in [0.3, 0.4) is 0 Å². The van der Waals surface area contributed by atoms with E-state index in [0.29, 0.717) is 11.3 Å². The summed E-state index contributed by atoms with van der Waals surface area (Å²) < 4.78 is 0. The van der Waals surface area contributed by atoms with Crippen molar-refractivity contribution in [1.82, 2.24) is 0 Å². The van der Waals surface area contributed by atoms with Crippen LogP contribution in [0.15, 0.2) is 54.6 Å². The number of carboxylic acids is 1. The number of hydrogen-bond acceptors (Lipinski definition) is 2. The third kappa shape index (κ3) is 3.02. The van der Waals surface area contributed by atoms with Gasteiger partial charge in [-0.1, -0.05) is 48.5 Å². The molecule has 0 aromatic heterocycles. The summed E-state index contributed by atoms with van der Waals surface area (Å²) in [4.78, 5) is 24.6. The minimum absolute atomic E-state index is 0.487. The molecule has 2 aromatic rings. The predicted octanol–water partition coefficient (Wildman–Crippen LogP) is 2.71. The molecule has 0 heterocycles. The summed E-state index contributed by atoms with van der Waals surface area (Å²) in [5, 5.41) is 9.55. The molecule has 2 aromatic carbocycles. The summed E-state index contributed by atoms with van der Waals surface area (Å²) in [6, 6.07) is 13.6. The molecule has 2 rings (SSSR count). The molecule has 5 heteroatoms. The lowest BCUT2D eigenvalue weighted by Gasteiger charge is -2.28. The molecule has 3 N–H and O–H groups in total. The topological polar surface area (TPSA) is 83.6 Å². The van der Waals surface area contributed by atoms with Gasteiger partial charge in [0.15, 0.2) is 6.04 Å². The van der Waals surface area contributed by atoms with E-state index in [-0.39, 0.29) is 0 Å². The van der Waals surface area contributed by atoms with E-state index in [0.717, 1.165) is 10.5 Å². The molecule has 0 saturated carbocycles. The maximum atomic E-state index is 11.9. The Bertz CT molecular complexity index is 656. The van der Waals surface area contributed by atoms with Gasteiger partial charge in [0.05, 0.1) is 0 Å². The molecule has 0 aliphatic heterocycles. The summed E-state index contributed by atoms with van der Waals surface area (Å²) in [5.74, 6) is -1.14. The maximum absolute atomic E-state index is 11.9. The molecule has 0 aliphatic carbocycles. The number of urea groups is 1. The van der Waals surface area contributed by atoms with E-state index in [1.807, 2.05) is 6.07 Å². The van der Waals surface area contributed by atoms with Crippen molar-refractivity contribution in [3.8, 4) is 0 Å². The number of rotatable bonds is 4. The van der Waals surface area contributed by atoms with Crippen LogP contribution >= 0.6 is 0 Å². The second kappa shape index (κ2) is 6.09. The molecule has 0 spiro atoms. The Morgan fingerprint density at radius 1 is 1.05 bits per heavy atom. The molecule has 1 unspecified atom stereocenters. The summed E-state index contributed by atoms with van der Waals surface area (Å²) in [5.41, 5.74) is 7.19. The number of carbonyl (C=O) groups excluding carboxylic acids is 1. The standard InChI is InChI=1S/C16H16N2O3/c1-11-7-5-6-10-13(11)18(16(17)21)14(15(19)20)12-8-3-2-4-9-12/h2-10,14H,1H3,(H2,17,21)(H,19,20). The largest absolute Gasteiger partial charge is 0.479 e. The summed E-state index contributed by atoms with van der Waals surface area (Å²) >= 11 is 0. The van der Waals surface area contributed by atoms with Crippen LogP contribution in [0.5, 0.6) is 0 Å². The fourth-order valence-electron chi connectivity index (χ4n) is 2.26. The minimum Gasteiger partial charge on any atom is -0.479 e. The van der Waals surface area contributed by atoms with Gasteiger partial charge in [-0.25, -0.2) is 9.59 Å². The highest BCUT2D eigenvalue weighted by Gasteiger charge is 2.31. The number of para-hydroxylation sites is 1. The smallest absolute Gasteiger partial charge is 0.331 e. The summed E-state index contributed by atoms with van der Waals surface area (Å²) in [6.45, 7) is 1.80. The zero-order valence-corrected chi connectivity index (χ0v) is 11.6. The lowest BCUT2D eigenvalue weighted by molar-refractivity contribution is -0.138. The molecule has 108 valence electrons. The molecule has 21 heavy (non-hydrogen) atoms. The van der Waals surface area contributed by atoms with Crippen molar-refractivity contribution in [2.45, 2.75) is 13.0 Å². The van der Waals surface area contributed by atoms with Crippen LogP contribution in [0.1, 0.15) is 17.2 Å². The van der Waals surface area contributed by atoms with Gasteiger partial charge >= 0.3 is 12.0 Å². The number of primary amides is 1. The van der Waals surface area contributed by atoms with Gasteiger partial charge in [-0.3, -0.25) is 4.90 Å². The van der Waals surface area contributed by atoms with Gasteiger partial charge in [0.25, 0.3) is 0 Å². The van der Waals surface area contributed by atoms with E-state index in [4.69, 9.17) is 5.73 Å². The Kier molecular flexibility index (Phi) is 4.23. The van der Waals surface area contributed by atoms with Crippen LogP contribution in [-0.4, -0.2) is 17.1 Å². The average molecular weight is 284 g/mol. The first-order chi connectivity index (χ1) is 10.0. The van der Waals surface area contributed by atoms with E-state index in [9.17, 15) is 14.7 Å². The van der Waals surface area contributed by atoms with Crippen LogP contribution in [0.4, 0.5) is 10.5 Å². The molecular weight excluding hydrogens is 268 g/mol. The number of nitrogens with zero attached hydrogens (tertiary/aromatic N) is 1. The number of aliphatic carboxylic acids is 1. The zero-order chi connectivity index (χ0) is 15.4. The first-order valence-corrected chi connectivity index (χ1v) is 6.44. The van der Waals surface area contributed by atoms with Gasteiger partial charge in [0.1, 0.15) is 0 Å². The van der Waals surface area contributed by atoms with Crippen LogP contribution in [0.2, 0.25) is 0 Å². The normalized spacial score (nSPS) is 11.7. The number of carbonyl (C=O) groups is 2. The first-order valence-electron chi connectivity index (χ1n) is 6.44. The van der Waals surface area contributed by atoms with Crippen molar-refractivity contribution in [3.05, 3.63) is 65.7 Å². The van der Waals surface area contributed by atoms with E-state index >= 15 is 0 Å². The number of anilines is 1. The highest BCUT2D eigenvalue weighted by atomic mass is 16.4. The van der Waals surface area contributed by atoms with Crippen LogP contribution < -0.4 is 10.6 Å². The zero-order valence-electron chi connectivity index (χ0n) is 11.6. The average Bonchev–Trinajstić information content (AvgIpc) is 2.46. The fourth-order valence-corrected chi connectivity index (χ4v) is 2.26. The van der Waals surface area contributed by atoms with E-state index < -0.39 is 18.0 Å². The second-order valence-corrected chi connectivity index (χ2v) is 4.65. The summed E-state index contributed by atoms with van der Waals surface area (Å²) in [7, 11) is 0. The highest BCUT2D eigenvalue weighted by Crippen LogP contribution is 2.29. The van der Waals surface area contributed by atoms with Crippen molar-refractivity contribution < 1.29 is 14.7 Å². The van der Waals surface area contributed by atoms with Crippen molar-refractivity contribution in [2.24, 2.45) is 5.73 Å². The van der Waals surface area contributed by atoms with Crippen molar-refractivity contribution in [1.29, 1.82) is 0 Å². The number of hydrogen-bond donors (Lipinski definition) is 2. The molecule has 0 fully saturated rings. The number of amides is 2. The van der Waals surface area contributed by atoms with Crippen molar-refractivity contribution >= 4 is 17.7 Å². The van der Waals surface area contributed by atoms with E-state index in [1.165, 1.54) is 0 Å². The van der Waals surface area contributed by atoms with Gasteiger partial charge in [-0.05, 0) is 24.1 Å². The molecule has 0 saturated heterocycles. The molecule has 2 amide bonds. The number of aryl methyl sites for hydroxylation is 1. The molecule has 0 aliphatic rings. The molecular formula is C16H16N2O3. The highest BCUT2D eigenvalue weighted by molar-refractivity contribution is 5.98. The quantitative estimate of drug-likeness (QED) is 0.905. The second-order valence-electron chi connectivity index (χ2n) is 4.65. The Labute approximate surface area is 122 Å². The molecule has 5 nitrogen and oxygen atoms in total. The van der Waals surface area contributed by atoms with Crippen molar-refractivity contribution in [3.63, 3.8) is 0 Å². The van der Waals surface area contributed by atoms with Crippen LogP contribution in [-0.2, 0) is 4.79 Å². The number of carboxylic acid groups (broad SMARTS) is 1. The number of benzene rings is 2. The third-order valence-electron chi connectivity index (χ3n) is 3.22. The Morgan fingerprint density at radius 2 is 1.62 bits per heavy atom. The fraction of sp³-hybridized carbons (Fsp3) is 0.125. The summed E-state index contributed by atoms with van der Waals surface area (Å²) in [6.07, 6.45) is 0. The van der Waals surface area contributed by atoms with Gasteiger partial charge in [-0.15, -0.1) is 0 Å². The lowest BCUT2D eigenvalue weighted by Crippen LogP contribution is -2.42. The van der Waals surface area contributed by atoms with Gasteiger partial charge in [0, 0.05) is 5.69 Å².